The SMILES string of the molecule is [C-]#[N+]c1cc(-c2nc(C)no2)ccc1C. The predicted octanol–water partition coefficient (Wildman–Crippen LogP) is 2.90. The minimum atomic E-state index is 0.456. The van der Waals surface area contributed by atoms with Gasteiger partial charge in [0.05, 0.1) is 6.57 Å². The third-order valence-corrected chi connectivity index (χ3v) is 2.10. The molecule has 1 heterocycles. The van der Waals surface area contributed by atoms with Crippen molar-refractivity contribution in [1.29, 1.82) is 0 Å². The third kappa shape index (κ3) is 1.72. The van der Waals surface area contributed by atoms with E-state index in [2.05, 4.69) is 15.0 Å². The van der Waals surface area contributed by atoms with E-state index < -0.39 is 0 Å². The Bertz CT molecular complexity index is 537. The van der Waals surface area contributed by atoms with E-state index in [4.69, 9.17) is 11.1 Å². The maximum Gasteiger partial charge on any atom is 0.256 e. The molecule has 1 aromatic heterocycles. The Kier molecular flexibility index (Phi) is 2.22. The molecule has 0 aliphatic carbocycles. The Labute approximate surface area is 87.4 Å². The molecule has 0 saturated heterocycles. The van der Waals surface area contributed by atoms with E-state index in [-0.39, 0.29) is 0 Å². The highest BCUT2D eigenvalue weighted by Crippen LogP contribution is 2.25. The van der Waals surface area contributed by atoms with Crippen LogP contribution in [0.1, 0.15) is 11.4 Å². The van der Waals surface area contributed by atoms with Crippen LogP contribution >= 0.6 is 0 Å². The molecule has 15 heavy (non-hydrogen) atoms. The van der Waals surface area contributed by atoms with Crippen LogP contribution < -0.4 is 0 Å². The second-order valence-electron chi connectivity index (χ2n) is 3.26. The van der Waals surface area contributed by atoms with Crippen LogP contribution in [-0.2, 0) is 0 Å². The molecule has 0 bridgehead atoms. The third-order valence-electron chi connectivity index (χ3n) is 2.10. The van der Waals surface area contributed by atoms with Crippen LogP contribution in [-0.4, -0.2) is 10.1 Å². The molecular weight excluding hydrogens is 190 g/mol. The summed E-state index contributed by atoms with van der Waals surface area (Å²) in [7, 11) is 0. The topological polar surface area (TPSA) is 43.3 Å². The van der Waals surface area contributed by atoms with Gasteiger partial charge in [0.25, 0.3) is 5.89 Å². The minimum absolute atomic E-state index is 0.456. The number of nitrogens with zero attached hydrogens (tertiary/aromatic N) is 3. The van der Waals surface area contributed by atoms with Crippen molar-refractivity contribution in [2.75, 3.05) is 0 Å². The highest BCUT2D eigenvalue weighted by Gasteiger charge is 2.07. The van der Waals surface area contributed by atoms with Crippen molar-refractivity contribution in [3.05, 3.63) is 41.0 Å². The zero-order valence-corrected chi connectivity index (χ0v) is 8.48. The van der Waals surface area contributed by atoms with Crippen molar-refractivity contribution in [2.45, 2.75) is 13.8 Å². The van der Waals surface area contributed by atoms with Crippen LogP contribution in [0.25, 0.3) is 16.3 Å². The highest BCUT2D eigenvalue weighted by molar-refractivity contribution is 5.64. The Morgan fingerprint density at radius 1 is 1.33 bits per heavy atom. The number of benzene rings is 1. The van der Waals surface area contributed by atoms with E-state index in [0.717, 1.165) is 11.1 Å². The van der Waals surface area contributed by atoms with Gasteiger partial charge in [0, 0.05) is 5.56 Å². The summed E-state index contributed by atoms with van der Waals surface area (Å²) >= 11 is 0. The molecule has 0 aliphatic heterocycles. The van der Waals surface area contributed by atoms with E-state index in [9.17, 15) is 0 Å². The lowest BCUT2D eigenvalue weighted by atomic mass is 10.1. The van der Waals surface area contributed by atoms with Gasteiger partial charge in [-0.15, -0.1) is 0 Å². The minimum Gasteiger partial charge on any atom is -0.334 e. The number of hydrogen-bond donors (Lipinski definition) is 0. The van der Waals surface area contributed by atoms with Gasteiger partial charge in [-0.1, -0.05) is 17.3 Å². The van der Waals surface area contributed by atoms with Crippen LogP contribution in [0.15, 0.2) is 22.7 Å². The van der Waals surface area contributed by atoms with Gasteiger partial charge in [-0.05, 0) is 25.5 Å². The van der Waals surface area contributed by atoms with E-state index in [1.165, 1.54) is 0 Å². The Morgan fingerprint density at radius 3 is 2.73 bits per heavy atom. The van der Waals surface area contributed by atoms with Crippen LogP contribution in [0.4, 0.5) is 5.69 Å². The van der Waals surface area contributed by atoms with Gasteiger partial charge < -0.3 is 4.52 Å². The van der Waals surface area contributed by atoms with Crippen molar-refractivity contribution in [2.24, 2.45) is 0 Å². The van der Waals surface area contributed by atoms with E-state index in [1.54, 1.807) is 13.0 Å². The van der Waals surface area contributed by atoms with Crippen LogP contribution in [0.3, 0.4) is 0 Å². The van der Waals surface area contributed by atoms with Gasteiger partial charge in [0.2, 0.25) is 0 Å². The summed E-state index contributed by atoms with van der Waals surface area (Å²) in [6, 6.07) is 5.51. The second-order valence-corrected chi connectivity index (χ2v) is 3.26. The quantitative estimate of drug-likeness (QED) is 0.663. The maximum atomic E-state index is 7.01. The molecule has 0 fully saturated rings. The van der Waals surface area contributed by atoms with Crippen LogP contribution in [0.5, 0.6) is 0 Å². The van der Waals surface area contributed by atoms with Crippen molar-refractivity contribution in [3.63, 3.8) is 0 Å². The van der Waals surface area contributed by atoms with Crippen LogP contribution in [0, 0.1) is 20.4 Å². The molecule has 0 amide bonds. The van der Waals surface area contributed by atoms with Crippen molar-refractivity contribution in [3.8, 4) is 11.5 Å². The molecule has 0 N–H and O–H groups in total. The van der Waals surface area contributed by atoms with E-state index in [1.807, 2.05) is 19.1 Å². The van der Waals surface area contributed by atoms with Gasteiger partial charge in [0.15, 0.2) is 11.5 Å². The molecule has 0 saturated carbocycles. The Balaban J connectivity index is 2.51. The fraction of sp³-hybridized carbons (Fsp3) is 0.182. The molecule has 0 aliphatic rings. The van der Waals surface area contributed by atoms with Crippen LogP contribution in [0.2, 0.25) is 0 Å². The lowest BCUT2D eigenvalue weighted by molar-refractivity contribution is 0.425. The summed E-state index contributed by atoms with van der Waals surface area (Å²) in [6.45, 7) is 10.7. The second kappa shape index (κ2) is 3.54. The monoisotopic (exact) mass is 199 g/mol. The summed E-state index contributed by atoms with van der Waals surface area (Å²) in [6.07, 6.45) is 0. The van der Waals surface area contributed by atoms with Crippen molar-refractivity contribution in [1.82, 2.24) is 10.1 Å². The van der Waals surface area contributed by atoms with Gasteiger partial charge in [0.1, 0.15) is 0 Å². The zero-order chi connectivity index (χ0) is 10.8. The van der Waals surface area contributed by atoms with Crippen molar-refractivity contribution < 1.29 is 4.52 Å². The molecule has 2 rings (SSSR count). The molecular formula is C11H9N3O. The van der Waals surface area contributed by atoms with Gasteiger partial charge in [-0.2, -0.15) is 4.98 Å². The van der Waals surface area contributed by atoms with E-state index in [0.29, 0.717) is 17.4 Å². The summed E-state index contributed by atoms with van der Waals surface area (Å²) < 4.78 is 5.03. The molecule has 0 spiro atoms. The molecule has 0 atom stereocenters. The largest absolute Gasteiger partial charge is 0.334 e. The Hall–Kier alpha value is -2.15. The molecule has 4 nitrogen and oxygen atoms in total. The first-order valence-corrected chi connectivity index (χ1v) is 4.49. The van der Waals surface area contributed by atoms with Crippen molar-refractivity contribution >= 4 is 5.69 Å². The Morgan fingerprint density at radius 2 is 2.13 bits per heavy atom. The number of aromatic nitrogens is 2. The molecule has 2 aromatic rings. The maximum absolute atomic E-state index is 7.01. The summed E-state index contributed by atoms with van der Waals surface area (Å²) in [5.41, 5.74) is 2.35. The van der Waals surface area contributed by atoms with E-state index >= 15 is 0 Å². The smallest absolute Gasteiger partial charge is 0.256 e. The first-order chi connectivity index (χ1) is 7.20. The highest BCUT2D eigenvalue weighted by atomic mass is 16.5. The lowest BCUT2D eigenvalue weighted by Gasteiger charge is -1.98. The lowest BCUT2D eigenvalue weighted by Crippen LogP contribution is -1.79. The molecule has 0 radical (unpaired) electrons. The molecule has 0 unspecified atom stereocenters. The predicted molar refractivity (Wildman–Crippen MR) is 55.5 cm³/mol. The average Bonchev–Trinajstić information content (AvgIpc) is 2.66. The number of rotatable bonds is 1. The normalized spacial score (nSPS) is 9.93. The zero-order valence-electron chi connectivity index (χ0n) is 8.48. The number of aryl methyl sites for hydroxylation is 2. The first kappa shape index (κ1) is 9.41. The van der Waals surface area contributed by atoms with Gasteiger partial charge >= 0.3 is 0 Å². The fourth-order valence-corrected chi connectivity index (χ4v) is 1.28. The fourth-order valence-electron chi connectivity index (χ4n) is 1.28. The van der Waals surface area contributed by atoms with Gasteiger partial charge in [-0.3, -0.25) is 0 Å². The molecule has 74 valence electrons. The van der Waals surface area contributed by atoms with Gasteiger partial charge in [-0.25, -0.2) is 4.85 Å². The number of hydrogen-bond acceptors (Lipinski definition) is 3. The average molecular weight is 199 g/mol. The summed E-state index contributed by atoms with van der Waals surface area (Å²) in [5, 5.41) is 3.71. The summed E-state index contributed by atoms with van der Waals surface area (Å²) in [5.74, 6) is 1.05. The first-order valence-electron chi connectivity index (χ1n) is 4.49. The molecule has 1 aromatic carbocycles. The standard InChI is InChI=1S/C11H9N3O/c1-7-4-5-9(6-10(7)12-3)11-13-8(2)14-15-11/h4-6H,1-2H3. The summed E-state index contributed by atoms with van der Waals surface area (Å²) in [4.78, 5) is 7.53. The molecule has 4 heteroatoms.